The third-order valence-corrected chi connectivity index (χ3v) is 4.32. The number of carbonyl (C=O) groups excluding carboxylic acids is 1. The van der Waals surface area contributed by atoms with Crippen LogP contribution in [0.3, 0.4) is 0 Å². The van der Waals surface area contributed by atoms with Gasteiger partial charge in [-0.1, -0.05) is 0 Å². The van der Waals surface area contributed by atoms with E-state index in [1.165, 1.54) is 0 Å². The van der Waals surface area contributed by atoms with E-state index in [0.717, 1.165) is 32.5 Å². The van der Waals surface area contributed by atoms with Gasteiger partial charge in [-0.25, -0.2) is 4.79 Å². The van der Waals surface area contributed by atoms with Gasteiger partial charge in [-0.2, -0.15) is 0 Å². The molecular weight excluding hydrogens is 260 g/mol. The minimum absolute atomic E-state index is 0.0762. The molecule has 0 saturated carbocycles. The third kappa shape index (κ3) is 3.70. The number of likely N-dealkylation sites (N-methyl/N-ethyl adjacent to an activating group) is 1. The molecule has 20 heavy (non-hydrogen) atoms. The lowest BCUT2D eigenvalue weighted by atomic mass is 9.96. The summed E-state index contributed by atoms with van der Waals surface area (Å²) in [5.74, 6) is -0.511. The van der Waals surface area contributed by atoms with E-state index in [2.05, 4.69) is 11.9 Å². The fourth-order valence-electron chi connectivity index (χ4n) is 2.97. The summed E-state index contributed by atoms with van der Waals surface area (Å²) in [4.78, 5) is 27.1. The van der Waals surface area contributed by atoms with Gasteiger partial charge >= 0.3 is 5.97 Å². The Balaban J connectivity index is 1.79. The molecule has 6 nitrogen and oxygen atoms in total. The fraction of sp³-hybridized carbons (Fsp3) is 0.857. The molecule has 0 radical (unpaired) electrons. The molecule has 2 rings (SSSR count). The van der Waals surface area contributed by atoms with E-state index in [1.54, 1.807) is 11.9 Å². The molecule has 1 amide bonds. The normalized spacial score (nSPS) is 28.5. The van der Waals surface area contributed by atoms with Crippen molar-refractivity contribution in [1.82, 2.24) is 9.80 Å². The van der Waals surface area contributed by atoms with Gasteiger partial charge in [-0.3, -0.25) is 4.79 Å². The average molecular weight is 284 g/mol. The Morgan fingerprint density at radius 3 is 2.35 bits per heavy atom. The fourth-order valence-corrected chi connectivity index (χ4v) is 2.97. The Morgan fingerprint density at radius 1 is 1.20 bits per heavy atom. The summed E-state index contributed by atoms with van der Waals surface area (Å²) in [5.41, 5.74) is 0. The number of likely N-dealkylation sites (tertiary alicyclic amines) is 1. The second-order valence-corrected chi connectivity index (χ2v) is 5.99. The van der Waals surface area contributed by atoms with Gasteiger partial charge in [0.2, 0.25) is 0 Å². The zero-order valence-corrected chi connectivity index (χ0v) is 12.2. The molecule has 2 heterocycles. The average Bonchev–Trinajstić information content (AvgIpc) is 2.90. The van der Waals surface area contributed by atoms with E-state index in [9.17, 15) is 9.59 Å². The highest BCUT2D eigenvalue weighted by Gasteiger charge is 2.36. The maximum atomic E-state index is 12.2. The van der Waals surface area contributed by atoms with Gasteiger partial charge in [0.25, 0.3) is 5.91 Å². The first-order valence-corrected chi connectivity index (χ1v) is 7.29. The van der Waals surface area contributed by atoms with E-state index >= 15 is 0 Å². The molecular formula is C14H24N2O4. The Bertz CT molecular complexity index is 366. The third-order valence-electron chi connectivity index (χ3n) is 4.32. The maximum absolute atomic E-state index is 12.2. The van der Waals surface area contributed by atoms with Gasteiger partial charge in [0.1, 0.15) is 6.10 Å². The van der Waals surface area contributed by atoms with E-state index in [0.29, 0.717) is 18.8 Å². The molecule has 2 aliphatic rings. The molecule has 0 aromatic carbocycles. The van der Waals surface area contributed by atoms with E-state index < -0.39 is 18.2 Å². The minimum Gasteiger partial charge on any atom is -0.479 e. The van der Waals surface area contributed by atoms with Crippen LogP contribution in [0.2, 0.25) is 0 Å². The van der Waals surface area contributed by atoms with Gasteiger partial charge in [0, 0.05) is 13.6 Å². The molecule has 0 unspecified atom stereocenters. The molecule has 0 bridgehead atoms. The predicted octanol–water partition coefficient (Wildman–Crippen LogP) is 0.419. The second kappa shape index (κ2) is 6.54. The highest BCUT2D eigenvalue weighted by Crippen LogP contribution is 2.23. The minimum atomic E-state index is -0.974. The number of rotatable bonds is 4. The van der Waals surface area contributed by atoms with Gasteiger partial charge in [0.05, 0.1) is 0 Å². The largest absolute Gasteiger partial charge is 0.479 e. The summed E-state index contributed by atoms with van der Waals surface area (Å²) in [5, 5.41) is 8.88. The lowest BCUT2D eigenvalue weighted by Gasteiger charge is -2.32. The van der Waals surface area contributed by atoms with E-state index in [-0.39, 0.29) is 5.91 Å². The van der Waals surface area contributed by atoms with E-state index in [4.69, 9.17) is 9.84 Å². The van der Waals surface area contributed by atoms with Gasteiger partial charge in [-0.15, -0.1) is 0 Å². The zero-order chi connectivity index (χ0) is 14.7. The molecule has 0 aromatic heterocycles. The molecule has 2 aliphatic heterocycles. The molecule has 2 fully saturated rings. The van der Waals surface area contributed by atoms with E-state index in [1.807, 2.05) is 0 Å². The van der Waals surface area contributed by atoms with Crippen LogP contribution in [0, 0.1) is 5.92 Å². The van der Waals surface area contributed by atoms with Crippen LogP contribution in [0.15, 0.2) is 0 Å². The smallest absolute Gasteiger partial charge is 0.332 e. The number of carboxylic acids is 1. The predicted molar refractivity (Wildman–Crippen MR) is 73.4 cm³/mol. The Labute approximate surface area is 119 Å². The number of hydrogen-bond donors (Lipinski definition) is 1. The SMILES string of the molecule is CN1CCC(CN(C)C(=O)[C@@H]2CC[C@H](C(=O)O)O2)CC1. The standard InChI is InChI=1S/C14H24N2O4/c1-15-7-5-10(6-8-15)9-16(2)13(17)11-3-4-12(20-11)14(18)19/h10-12H,3-9H2,1-2H3,(H,18,19)/t11-,12+/m0/s1. The Kier molecular flexibility index (Phi) is 4.99. The molecule has 114 valence electrons. The summed E-state index contributed by atoms with van der Waals surface area (Å²) in [7, 11) is 3.90. The van der Waals surface area contributed by atoms with Crippen molar-refractivity contribution < 1.29 is 19.4 Å². The van der Waals surface area contributed by atoms with Crippen LogP contribution in [0.4, 0.5) is 0 Å². The first-order chi connectivity index (χ1) is 9.47. The monoisotopic (exact) mass is 284 g/mol. The summed E-state index contributed by atoms with van der Waals surface area (Å²) >= 11 is 0. The van der Waals surface area contributed by atoms with Crippen molar-refractivity contribution in [2.45, 2.75) is 37.9 Å². The molecule has 0 spiro atoms. The first-order valence-electron chi connectivity index (χ1n) is 7.29. The topological polar surface area (TPSA) is 70.1 Å². The van der Waals surface area contributed by atoms with Crippen LogP contribution in [-0.4, -0.2) is 72.7 Å². The van der Waals surface area contributed by atoms with Crippen molar-refractivity contribution in [3.63, 3.8) is 0 Å². The molecule has 2 saturated heterocycles. The van der Waals surface area contributed by atoms with Crippen molar-refractivity contribution >= 4 is 11.9 Å². The summed E-state index contributed by atoms with van der Waals surface area (Å²) in [6.07, 6.45) is 1.75. The summed E-state index contributed by atoms with van der Waals surface area (Å²) in [6, 6.07) is 0. The number of carbonyl (C=O) groups is 2. The van der Waals surface area contributed by atoms with Crippen molar-refractivity contribution in [3.8, 4) is 0 Å². The van der Waals surface area contributed by atoms with Gasteiger partial charge < -0.3 is 19.6 Å². The highest BCUT2D eigenvalue weighted by molar-refractivity contribution is 5.82. The molecule has 1 N–H and O–H groups in total. The molecule has 0 aliphatic carbocycles. The van der Waals surface area contributed by atoms with Crippen molar-refractivity contribution in [2.24, 2.45) is 5.92 Å². The first kappa shape index (κ1) is 15.3. The van der Waals surface area contributed by atoms with Crippen molar-refractivity contribution in [2.75, 3.05) is 33.7 Å². The van der Waals surface area contributed by atoms with Gasteiger partial charge in [0.15, 0.2) is 6.10 Å². The maximum Gasteiger partial charge on any atom is 0.332 e. The van der Waals surface area contributed by atoms with Crippen molar-refractivity contribution in [1.29, 1.82) is 0 Å². The quantitative estimate of drug-likeness (QED) is 0.810. The Hall–Kier alpha value is -1.14. The van der Waals surface area contributed by atoms with Crippen LogP contribution in [0.1, 0.15) is 25.7 Å². The van der Waals surface area contributed by atoms with Crippen molar-refractivity contribution in [3.05, 3.63) is 0 Å². The number of carboxylic acid groups (broad SMARTS) is 1. The van der Waals surface area contributed by atoms with Crippen LogP contribution in [0.25, 0.3) is 0 Å². The zero-order valence-electron chi connectivity index (χ0n) is 12.2. The van der Waals surface area contributed by atoms with Crippen LogP contribution >= 0.6 is 0 Å². The van der Waals surface area contributed by atoms with Crippen LogP contribution < -0.4 is 0 Å². The van der Waals surface area contributed by atoms with Crippen LogP contribution in [-0.2, 0) is 14.3 Å². The highest BCUT2D eigenvalue weighted by atomic mass is 16.5. The summed E-state index contributed by atoms with van der Waals surface area (Å²) in [6.45, 7) is 2.89. The lowest BCUT2D eigenvalue weighted by Crippen LogP contribution is -2.42. The number of ether oxygens (including phenoxy) is 1. The number of amides is 1. The number of hydrogen-bond acceptors (Lipinski definition) is 4. The number of piperidine rings is 1. The number of aliphatic carboxylic acids is 1. The Morgan fingerprint density at radius 2 is 1.80 bits per heavy atom. The van der Waals surface area contributed by atoms with Gasteiger partial charge in [-0.05, 0) is 51.7 Å². The molecule has 2 atom stereocenters. The number of nitrogens with zero attached hydrogens (tertiary/aromatic N) is 2. The van der Waals surface area contributed by atoms with Crippen LogP contribution in [0.5, 0.6) is 0 Å². The molecule has 6 heteroatoms. The second-order valence-electron chi connectivity index (χ2n) is 5.99. The molecule has 0 aromatic rings. The summed E-state index contributed by atoms with van der Waals surface area (Å²) < 4.78 is 5.31. The lowest BCUT2D eigenvalue weighted by molar-refractivity contribution is -0.154.